The molecule has 2 atom stereocenters. The van der Waals surface area contributed by atoms with Crippen molar-refractivity contribution in [2.45, 2.75) is 46.0 Å². The average molecular weight is 334 g/mol. The highest BCUT2D eigenvalue weighted by Gasteiger charge is 2.24. The van der Waals surface area contributed by atoms with E-state index in [9.17, 15) is 4.79 Å². The Morgan fingerprint density at radius 1 is 1.38 bits per heavy atom. The van der Waals surface area contributed by atoms with E-state index >= 15 is 0 Å². The van der Waals surface area contributed by atoms with Crippen molar-refractivity contribution in [1.29, 1.82) is 0 Å². The molecule has 5 nitrogen and oxygen atoms in total. The molecule has 1 aromatic rings. The first-order valence-corrected chi connectivity index (χ1v) is 8.38. The zero-order valence-corrected chi connectivity index (χ0v) is 14.8. The monoisotopic (exact) mass is 334 g/mol. The van der Waals surface area contributed by atoms with Crippen LogP contribution in [0.1, 0.15) is 44.9 Å². The highest BCUT2D eigenvalue weighted by molar-refractivity contribution is 5.88. The minimum atomic E-state index is -0.372. The second-order valence-corrected chi connectivity index (χ2v) is 5.94. The Labute approximate surface area is 143 Å². The molecule has 1 aliphatic rings. The van der Waals surface area contributed by atoms with Gasteiger partial charge in [-0.25, -0.2) is 4.79 Å². The third kappa shape index (κ3) is 5.65. The van der Waals surface area contributed by atoms with Crippen molar-refractivity contribution in [3.05, 3.63) is 35.4 Å². The Bertz CT molecular complexity index is 575. The van der Waals surface area contributed by atoms with Gasteiger partial charge in [-0.15, -0.1) is 0 Å². The van der Waals surface area contributed by atoms with Gasteiger partial charge in [-0.05, 0) is 45.4 Å². The first-order chi connectivity index (χ1) is 11.5. The molecule has 24 heavy (non-hydrogen) atoms. The Balaban J connectivity index is 2.24. The molecule has 1 heterocycles. The summed E-state index contributed by atoms with van der Waals surface area (Å²) in [5, 5.41) is 0. The van der Waals surface area contributed by atoms with E-state index in [1.165, 1.54) is 6.08 Å². The third-order valence-corrected chi connectivity index (χ3v) is 3.51. The largest absolute Gasteiger partial charge is 0.490 e. The van der Waals surface area contributed by atoms with Gasteiger partial charge in [0.25, 0.3) is 0 Å². The van der Waals surface area contributed by atoms with E-state index in [4.69, 9.17) is 18.9 Å². The highest BCUT2D eigenvalue weighted by Crippen LogP contribution is 2.31. The maximum absolute atomic E-state index is 11.7. The summed E-state index contributed by atoms with van der Waals surface area (Å²) >= 11 is 0. The van der Waals surface area contributed by atoms with Gasteiger partial charge in [0.2, 0.25) is 0 Å². The molecule has 0 amide bonds. The molecule has 132 valence electrons. The fraction of sp³-hybridized carbons (Fsp3) is 0.526. The van der Waals surface area contributed by atoms with Crippen LogP contribution in [0.4, 0.5) is 0 Å². The summed E-state index contributed by atoms with van der Waals surface area (Å²) in [5.74, 6) is 0.351. The molecule has 2 rings (SSSR count). The molecular weight excluding hydrogens is 308 g/mol. The first-order valence-electron chi connectivity index (χ1n) is 8.38. The summed E-state index contributed by atoms with van der Waals surface area (Å²) in [6, 6.07) is 5.81. The number of epoxide rings is 1. The third-order valence-electron chi connectivity index (χ3n) is 3.51. The van der Waals surface area contributed by atoms with Gasteiger partial charge in [-0.1, -0.05) is 12.1 Å². The second kappa shape index (κ2) is 8.85. The smallest absolute Gasteiger partial charge is 0.330 e. The Kier molecular flexibility index (Phi) is 6.82. The number of benzene rings is 1. The van der Waals surface area contributed by atoms with Crippen LogP contribution >= 0.6 is 0 Å². The number of rotatable bonds is 9. The normalized spacial score (nSPS) is 18.0. The zero-order chi connectivity index (χ0) is 17.5. The average Bonchev–Trinajstić information content (AvgIpc) is 3.35. The molecule has 0 saturated carbocycles. The van der Waals surface area contributed by atoms with Crippen LogP contribution < -0.4 is 4.74 Å². The van der Waals surface area contributed by atoms with Gasteiger partial charge in [0.05, 0.1) is 32.0 Å². The van der Waals surface area contributed by atoms with Gasteiger partial charge in [-0.3, -0.25) is 0 Å². The van der Waals surface area contributed by atoms with E-state index in [1.54, 1.807) is 13.0 Å². The quantitative estimate of drug-likeness (QED) is 0.393. The predicted octanol–water partition coefficient (Wildman–Crippen LogP) is 3.53. The molecule has 0 unspecified atom stereocenters. The van der Waals surface area contributed by atoms with Gasteiger partial charge in [-0.2, -0.15) is 0 Å². The van der Waals surface area contributed by atoms with E-state index < -0.39 is 0 Å². The SMILES string of the molecule is CCOC(=O)C=Cc1c(OC(C)C)cccc1[C@@H](C)OC[C@H]1CO1. The first kappa shape index (κ1) is 18.5. The highest BCUT2D eigenvalue weighted by atomic mass is 16.6. The molecular formula is C19H26O5. The molecule has 0 aliphatic carbocycles. The van der Waals surface area contributed by atoms with Gasteiger partial charge in [0.15, 0.2) is 0 Å². The Hall–Kier alpha value is -1.85. The van der Waals surface area contributed by atoms with Crippen molar-refractivity contribution < 1.29 is 23.7 Å². The molecule has 1 fully saturated rings. The molecule has 0 bridgehead atoms. The molecule has 0 radical (unpaired) electrons. The van der Waals surface area contributed by atoms with E-state index in [-0.39, 0.29) is 24.3 Å². The molecule has 5 heteroatoms. The van der Waals surface area contributed by atoms with Crippen LogP contribution in [0, 0.1) is 0 Å². The van der Waals surface area contributed by atoms with Crippen LogP contribution in [0.5, 0.6) is 5.75 Å². The van der Waals surface area contributed by atoms with E-state index in [0.29, 0.717) is 13.2 Å². The molecule has 0 N–H and O–H groups in total. The number of ether oxygens (including phenoxy) is 4. The molecule has 0 spiro atoms. The van der Waals surface area contributed by atoms with E-state index in [2.05, 4.69) is 0 Å². The standard InChI is InChI=1S/C19H26O5/c1-5-21-19(20)10-9-17-16(14(4)22-11-15-12-23-15)7-6-8-18(17)24-13(2)3/h6-10,13-15H,5,11-12H2,1-4H3/t14-,15+/m1/s1. The van der Waals surface area contributed by atoms with Gasteiger partial charge in [0, 0.05) is 11.6 Å². The molecule has 1 saturated heterocycles. The van der Waals surface area contributed by atoms with Gasteiger partial charge >= 0.3 is 5.97 Å². The van der Waals surface area contributed by atoms with Crippen LogP contribution in [0.3, 0.4) is 0 Å². The molecule has 1 aromatic carbocycles. The fourth-order valence-corrected chi connectivity index (χ4v) is 2.30. The van der Waals surface area contributed by atoms with E-state index in [1.807, 2.05) is 39.0 Å². The van der Waals surface area contributed by atoms with Crippen molar-refractivity contribution in [3.63, 3.8) is 0 Å². The van der Waals surface area contributed by atoms with Crippen LogP contribution in [-0.2, 0) is 19.0 Å². The zero-order valence-electron chi connectivity index (χ0n) is 14.8. The van der Waals surface area contributed by atoms with Crippen LogP contribution in [-0.4, -0.2) is 38.0 Å². The predicted molar refractivity (Wildman–Crippen MR) is 92.0 cm³/mol. The van der Waals surface area contributed by atoms with Crippen molar-refractivity contribution in [3.8, 4) is 5.75 Å². The van der Waals surface area contributed by atoms with Crippen molar-refractivity contribution in [2.24, 2.45) is 0 Å². The Morgan fingerprint density at radius 3 is 2.75 bits per heavy atom. The summed E-state index contributed by atoms with van der Waals surface area (Å²) in [5.41, 5.74) is 1.80. The van der Waals surface area contributed by atoms with Crippen LogP contribution in [0.25, 0.3) is 6.08 Å². The van der Waals surface area contributed by atoms with Crippen LogP contribution in [0.15, 0.2) is 24.3 Å². The van der Waals surface area contributed by atoms with Crippen molar-refractivity contribution >= 4 is 12.0 Å². The van der Waals surface area contributed by atoms with Gasteiger partial charge < -0.3 is 18.9 Å². The maximum atomic E-state index is 11.7. The lowest BCUT2D eigenvalue weighted by atomic mass is 10.0. The summed E-state index contributed by atoms with van der Waals surface area (Å²) in [6.07, 6.45) is 3.27. The van der Waals surface area contributed by atoms with E-state index in [0.717, 1.165) is 23.5 Å². The molecule has 1 aliphatic heterocycles. The minimum absolute atomic E-state index is 0.0334. The van der Waals surface area contributed by atoms with Crippen molar-refractivity contribution in [1.82, 2.24) is 0 Å². The summed E-state index contributed by atoms with van der Waals surface area (Å²) in [7, 11) is 0. The lowest BCUT2D eigenvalue weighted by Gasteiger charge is -2.19. The summed E-state index contributed by atoms with van der Waals surface area (Å²) in [4.78, 5) is 11.7. The minimum Gasteiger partial charge on any atom is -0.490 e. The topological polar surface area (TPSA) is 57.3 Å². The summed E-state index contributed by atoms with van der Waals surface area (Å²) < 4.78 is 21.9. The van der Waals surface area contributed by atoms with Gasteiger partial charge in [0.1, 0.15) is 11.9 Å². The maximum Gasteiger partial charge on any atom is 0.330 e. The number of esters is 1. The van der Waals surface area contributed by atoms with Crippen LogP contribution in [0.2, 0.25) is 0 Å². The molecule has 0 aromatic heterocycles. The lowest BCUT2D eigenvalue weighted by molar-refractivity contribution is -0.137. The lowest BCUT2D eigenvalue weighted by Crippen LogP contribution is -2.11. The fourth-order valence-electron chi connectivity index (χ4n) is 2.30. The number of hydrogen-bond donors (Lipinski definition) is 0. The second-order valence-electron chi connectivity index (χ2n) is 5.94. The Morgan fingerprint density at radius 2 is 2.12 bits per heavy atom. The van der Waals surface area contributed by atoms with Crippen molar-refractivity contribution in [2.75, 3.05) is 19.8 Å². The number of hydrogen-bond acceptors (Lipinski definition) is 5. The number of carbonyl (C=O) groups is 1. The number of carbonyl (C=O) groups excluding carboxylic acids is 1. The summed E-state index contributed by atoms with van der Waals surface area (Å²) in [6.45, 7) is 9.38.